The second kappa shape index (κ2) is 12.5. The summed E-state index contributed by atoms with van der Waals surface area (Å²) in [4.78, 5) is 48.9. The van der Waals surface area contributed by atoms with Crippen LogP contribution >= 0.6 is 11.8 Å². The van der Waals surface area contributed by atoms with Crippen molar-refractivity contribution >= 4 is 35.2 Å². The van der Waals surface area contributed by atoms with Crippen molar-refractivity contribution in [2.24, 2.45) is 17.8 Å². The second-order valence-electron chi connectivity index (χ2n) is 11.6. The van der Waals surface area contributed by atoms with E-state index in [9.17, 15) is 19.5 Å². The first-order chi connectivity index (χ1) is 20.3. The van der Waals surface area contributed by atoms with Crippen LogP contribution in [-0.4, -0.2) is 74.4 Å². The molecule has 0 radical (unpaired) electrons. The maximum atomic E-state index is 14.7. The smallest absolute Gasteiger partial charge is 0.247 e. The minimum atomic E-state index is -0.789. The highest BCUT2D eigenvalue weighted by atomic mass is 32.2. The summed E-state index contributed by atoms with van der Waals surface area (Å²) in [5.41, 5.74) is 1.74. The number of aliphatic hydroxyl groups is 1. The molecule has 222 valence electrons. The second-order valence-corrected chi connectivity index (χ2v) is 13.2. The Hall–Kier alpha value is -3.36. The van der Waals surface area contributed by atoms with E-state index in [2.05, 4.69) is 20.1 Å². The van der Waals surface area contributed by atoms with Gasteiger partial charge in [-0.2, -0.15) is 0 Å². The highest BCUT2D eigenvalue weighted by molar-refractivity contribution is 8.02. The summed E-state index contributed by atoms with van der Waals surface area (Å²) < 4.78 is -0.769. The lowest BCUT2D eigenvalue weighted by Crippen LogP contribution is -2.59. The van der Waals surface area contributed by atoms with Crippen molar-refractivity contribution in [1.82, 2.24) is 9.80 Å². The average Bonchev–Trinajstić information content (AvgIpc) is 3.60. The first-order valence-corrected chi connectivity index (χ1v) is 15.7. The minimum absolute atomic E-state index is 0.0348. The molecule has 1 spiro atoms. The maximum absolute atomic E-state index is 14.7. The lowest BCUT2D eigenvalue weighted by molar-refractivity contribution is -0.146. The molecule has 0 saturated carbocycles. The van der Waals surface area contributed by atoms with Gasteiger partial charge < -0.3 is 19.8 Å². The van der Waals surface area contributed by atoms with Crippen LogP contribution in [-0.2, 0) is 20.9 Å². The number of nitrogens with zero attached hydrogens (tertiary/aromatic N) is 3. The van der Waals surface area contributed by atoms with E-state index in [-0.39, 0.29) is 35.5 Å². The molecule has 42 heavy (non-hydrogen) atoms. The molecule has 8 heteroatoms. The van der Waals surface area contributed by atoms with Crippen LogP contribution in [0.1, 0.15) is 32.3 Å². The van der Waals surface area contributed by atoms with Gasteiger partial charge in [0.15, 0.2) is 0 Å². The van der Waals surface area contributed by atoms with Crippen molar-refractivity contribution in [1.29, 1.82) is 0 Å². The molecule has 3 heterocycles. The van der Waals surface area contributed by atoms with Gasteiger partial charge >= 0.3 is 0 Å². The molecule has 1 N–H and O–H groups in total. The molecule has 7 nitrogen and oxygen atoms in total. The van der Waals surface area contributed by atoms with Gasteiger partial charge in [-0.3, -0.25) is 14.4 Å². The number of amides is 3. The first-order valence-electron chi connectivity index (χ1n) is 14.9. The fraction of sp³-hybridized carbons (Fsp3) is 0.441. The summed E-state index contributed by atoms with van der Waals surface area (Å²) >= 11 is 1.66. The molecule has 3 aliphatic heterocycles. The SMILES string of the molecule is C=CCN(Cc1ccccc1)C(=O)C1N([C@@H](CC)CO)C(=O)[C@@H]2[C@@H](C(=O)N(CC=C)c3ccccc3)[C@H]3CC(C)C12S3. The van der Waals surface area contributed by atoms with E-state index in [0.717, 1.165) is 17.7 Å². The van der Waals surface area contributed by atoms with Gasteiger partial charge in [-0.05, 0) is 36.5 Å². The molecule has 3 amide bonds. The molecule has 0 aromatic heterocycles. The van der Waals surface area contributed by atoms with Gasteiger partial charge in [0.25, 0.3) is 0 Å². The Morgan fingerprint density at radius 3 is 2.31 bits per heavy atom. The quantitative estimate of drug-likeness (QED) is 0.369. The van der Waals surface area contributed by atoms with Crippen LogP contribution in [0.5, 0.6) is 0 Å². The number of rotatable bonds is 12. The number of carbonyl (C=O) groups is 3. The molecule has 3 saturated heterocycles. The van der Waals surface area contributed by atoms with E-state index in [0.29, 0.717) is 26.1 Å². The van der Waals surface area contributed by atoms with Crippen LogP contribution in [0, 0.1) is 17.8 Å². The summed E-state index contributed by atoms with van der Waals surface area (Å²) in [5.74, 6) is -1.65. The molecule has 7 atom stereocenters. The van der Waals surface area contributed by atoms with Crippen LogP contribution in [0.2, 0.25) is 0 Å². The third kappa shape index (κ3) is 4.88. The Balaban J connectivity index is 1.58. The van der Waals surface area contributed by atoms with Gasteiger partial charge in [-0.1, -0.05) is 74.5 Å². The standard InChI is InChI=1S/C34H41N3O4S/c1-5-18-35(21-24-14-10-8-11-15-24)33(41)30-34-23(4)20-27(42-34)28(29(34)32(40)37(30)25(7-3)22-38)31(39)36(19-6-2)26-16-12-9-13-17-26/h5-6,8-17,23,25,27-30,38H,1-2,7,18-22H2,3-4H3/t23?,25-,27+,28-,29-,30?,34?/m0/s1. The van der Waals surface area contributed by atoms with Crippen molar-refractivity contribution in [3.63, 3.8) is 0 Å². The van der Waals surface area contributed by atoms with Gasteiger partial charge in [0.1, 0.15) is 6.04 Å². The molecule has 2 bridgehead atoms. The number of aliphatic hydroxyl groups excluding tert-OH is 1. The maximum Gasteiger partial charge on any atom is 0.247 e. The number of fused-ring (bicyclic) bond motifs is 1. The van der Waals surface area contributed by atoms with Crippen LogP contribution in [0.3, 0.4) is 0 Å². The predicted octanol–water partition coefficient (Wildman–Crippen LogP) is 4.53. The molecule has 3 fully saturated rings. The zero-order valence-corrected chi connectivity index (χ0v) is 25.3. The molecule has 3 aliphatic rings. The monoisotopic (exact) mass is 587 g/mol. The predicted molar refractivity (Wildman–Crippen MR) is 168 cm³/mol. The molecular formula is C34H41N3O4S. The molecule has 3 unspecified atom stereocenters. The van der Waals surface area contributed by atoms with E-state index in [1.54, 1.807) is 38.6 Å². The number of anilines is 1. The third-order valence-electron chi connectivity index (χ3n) is 9.30. The lowest BCUT2D eigenvalue weighted by Gasteiger charge is -2.42. The van der Waals surface area contributed by atoms with Gasteiger partial charge in [0, 0.05) is 30.6 Å². The number of benzene rings is 2. The zero-order valence-electron chi connectivity index (χ0n) is 24.5. The van der Waals surface area contributed by atoms with Gasteiger partial charge in [0.2, 0.25) is 17.7 Å². The Morgan fingerprint density at radius 2 is 1.71 bits per heavy atom. The van der Waals surface area contributed by atoms with Crippen molar-refractivity contribution in [2.45, 2.75) is 55.3 Å². The third-order valence-corrected chi connectivity index (χ3v) is 11.4. The fourth-order valence-electron chi connectivity index (χ4n) is 7.43. The summed E-state index contributed by atoms with van der Waals surface area (Å²) in [6.07, 6.45) is 4.66. The van der Waals surface area contributed by atoms with Gasteiger partial charge in [-0.15, -0.1) is 24.9 Å². The number of thioether (sulfide) groups is 1. The molecular weight excluding hydrogens is 546 g/mol. The van der Waals surface area contributed by atoms with E-state index in [1.165, 1.54) is 0 Å². The average molecular weight is 588 g/mol. The fourth-order valence-corrected chi connectivity index (χ4v) is 9.83. The van der Waals surface area contributed by atoms with E-state index < -0.39 is 28.7 Å². The Bertz CT molecular complexity index is 1320. The summed E-state index contributed by atoms with van der Waals surface area (Å²) in [6.45, 7) is 12.6. The summed E-state index contributed by atoms with van der Waals surface area (Å²) in [5, 5.41) is 10.4. The largest absolute Gasteiger partial charge is 0.394 e. The number of hydrogen-bond acceptors (Lipinski definition) is 5. The lowest BCUT2D eigenvalue weighted by atomic mass is 9.65. The number of hydrogen-bond donors (Lipinski definition) is 1. The number of likely N-dealkylation sites (tertiary alicyclic amines) is 1. The summed E-state index contributed by atoms with van der Waals surface area (Å²) in [7, 11) is 0. The normalized spacial score (nSPS) is 28.3. The zero-order chi connectivity index (χ0) is 30.0. The van der Waals surface area contributed by atoms with Crippen molar-refractivity contribution < 1.29 is 19.5 Å². The number of carbonyl (C=O) groups excluding carboxylic acids is 3. The van der Waals surface area contributed by atoms with Crippen LogP contribution in [0.15, 0.2) is 86.0 Å². The van der Waals surface area contributed by atoms with E-state index >= 15 is 0 Å². The Morgan fingerprint density at radius 1 is 1.07 bits per heavy atom. The molecule has 2 aromatic carbocycles. The van der Waals surface area contributed by atoms with Crippen LogP contribution in [0.25, 0.3) is 0 Å². The van der Waals surface area contributed by atoms with E-state index in [4.69, 9.17) is 0 Å². The van der Waals surface area contributed by atoms with Crippen molar-refractivity contribution in [2.75, 3.05) is 24.6 Å². The van der Waals surface area contributed by atoms with Crippen molar-refractivity contribution in [3.05, 3.63) is 91.5 Å². The Kier molecular flexibility index (Phi) is 8.94. The molecule has 5 rings (SSSR count). The highest BCUT2D eigenvalue weighted by Gasteiger charge is 2.77. The van der Waals surface area contributed by atoms with Crippen LogP contribution < -0.4 is 4.90 Å². The molecule has 0 aliphatic carbocycles. The Labute approximate surface area is 253 Å². The first kappa shape index (κ1) is 30.1. The highest BCUT2D eigenvalue weighted by Crippen LogP contribution is 2.69. The summed E-state index contributed by atoms with van der Waals surface area (Å²) in [6, 6.07) is 18.0. The minimum Gasteiger partial charge on any atom is -0.394 e. The number of para-hydroxylation sites is 1. The van der Waals surface area contributed by atoms with Gasteiger partial charge in [0.05, 0.1) is 29.2 Å². The van der Waals surface area contributed by atoms with Gasteiger partial charge in [-0.25, -0.2) is 0 Å². The van der Waals surface area contributed by atoms with Crippen LogP contribution in [0.4, 0.5) is 5.69 Å². The molecule has 2 aromatic rings. The topological polar surface area (TPSA) is 81.2 Å². The van der Waals surface area contributed by atoms with E-state index in [1.807, 2.05) is 67.6 Å². The van der Waals surface area contributed by atoms with Crippen molar-refractivity contribution in [3.8, 4) is 0 Å².